The van der Waals surface area contributed by atoms with Gasteiger partial charge >= 0.3 is 0 Å². The van der Waals surface area contributed by atoms with E-state index < -0.39 is 5.21 Å². The minimum absolute atomic E-state index is 0.0127. The lowest BCUT2D eigenvalue weighted by molar-refractivity contribution is -0.0337. The molecule has 5 atom stereocenters. The highest BCUT2D eigenvalue weighted by Gasteiger charge is 2.51. The lowest BCUT2D eigenvalue weighted by atomic mass is 9.33. The van der Waals surface area contributed by atoms with Gasteiger partial charge in [0.25, 0.3) is 0 Å². The van der Waals surface area contributed by atoms with Crippen LogP contribution in [0, 0.1) is 35.0 Å². The molecule has 0 amide bonds. The summed E-state index contributed by atoms with van der Waals surface area (Å²) >= 11 is 0. The van der Waals surface area contributed by atoms with Crippen LogP contribution in [0.1, 0.15) is 78.6 Å². The second-order valence-electron chi connectivity index (χ2n) is 9.35. The van der Waals surface area contributed by atoms with E-state index in [1.54, 1.807) is 0 Å². The third-order valence-electron chi connectivity index (χ3n) is 7.38. The zero-order valence-corrected chi connectivity index (χ0v) is 14.4. The summed E-state index contributed by atoms with van der Waals surface area (Å²) < 4.78 is 0. The second kappa shape index (κ2) is 5.64. The predicted octanol–water partition coefficient (Wildman–Crippen LogP) is 5.12. The van der Waals surface area contributed by atoms with Gasteiger partial charge in [0.05, 0.1) is 15.7 Å². The lowest BCUT2D eigenvalue weighted by Crippen LogP contribution is -2.50. The molecule has 0 N–H and O–H groups in total. The summed E-state index contributed by atoms with van der Waals surface area (Å²) in [6.07, 6.45) is 12.8. The Kier molecular flexibility index (Phi) is 4.30. The molecule has 3 fully saturated rings. The first-order valence-corrected chi connectivity index (χ1v) is 9.40. The Bertz CT molecular complexity index is 368. The summed E-state index contributed by atoms with van der Waals surface area (Å²) in [6, 6.07) is 0. The molecule has 114 valence electrons. The average Bonchev–Trinajstić information content (AvgIpc) is 2.45. The van der Waals surface area contributed by atoms with E-state index >= 15 is 0 Å². The largest absolute Gasteiger partial charge is 0.0913 e. The summed E-state index contributed by atoms with van der Waals surface area (Å²) in [5.41, 5.74) is -0.0127. The fraction of sp³-hybridized carbons (Fsp3) is 1.00. The highest BCUT2D eigenvalue weighted by atomic mass is 14.5. The van der Waals surface area contributed by atoms with E-state index in [9.17, 15) is 0 Å². The van der Waals surface area contributed by atoms with Gasteiger partial charge in [0.2, 0.25) is 0 Å². The van der Waals surface area contributed by atoms with Gasteiger partial charge in [0, 0.05) is 0 Å². The van der Waals surface area contributed by atoms with Crippen molar-refractivity contribution in [1.29, 1.82) is 0 Å². The SMILES string of the molecule is [B]C([B])(C1CC2CCCCC2C2CCCCC21)C(C)(C)C. The van der Waals surface area contributed by atoms with Gasteiger partial charge in [-0.2, -0.15) is 0 Å². The monoisotopic (exact) mass is 282 g/mol. The van der Waals surface area contributed by atoms with Crippen LogP contribution in [-0.4, -0.2) is 15.7 Å². The van der Waals surface area contributed by atoms with Crippen molar-refractivity contribution in [3.63, 3.8) is 0 Å². The third-order valence-corrected chi connectivity index (χ3v) is 7.38. The Hall–Kier alpha value is 0.130. The van der Waals surface area contributed by atoms with E-state index in [0.29, 0.717) is 5.92 Å². The molecule has 0 spiro atoms. The summed E-state index contributed by atoms with van der Waals surface area (Å²) in [6.45, 7) is 6.70. The van der Waals surface area contributed by atoms with Gasteiger partial charge < -0.3 is 0 Å². The van der Waals surface area contributed by atoms with Crippen LogP contribution in [0.25, 0.3) is 0 Å². The molecule has 0 heterocycles. The molecule has 3 saturated carbocycles. The van der Waals surface area contributed by atoms with Crippen LogP contribution in [0.5, 0.6) is 0 Å². The zero-order chi connectivity index (χ0) is 15.3. The molecule has 3 rings (SSSR count). The van der Waals surface area contributed by atoms with Crippen LogP contribution in [0.2, 0.25) is 5.21 Å². The van der Waals surface area contributed by atoms with Crippen molar-refractivity contribution in [3.8, 4) is 0 Å². The van der Waals surface area contributed by atoms with Gasteiger partial charge in [-0.05, 0) is 60.7 Å². The van der Waals surface area contributed by atoms with Gasteiger partial charge in [-0.3, -0.25) is 0 Å². The quantitative estimate of drug-likeness (QED) is 0.586. The maximum absolute atomic E-state index is 6.78. The van der Waals surface area contributed by atoms with Crippen molar-refractivity contribution in [3.05, 3.63) is 0 Å². The van der Waals surface area contributed by atoms with Crippen LogP contribution in [-0.2, 0) is 0 Å². The van der Waals surface area contributed by atoms with Crippen LogP contribution in [0.3, 0.4) is 0 Å². The minimum atomic E-state index is -0.518. The molecule has 0 saturated heterocycles. The van der Waals surface area contributed by atoms with E-state index in [1.807, 2.05) is 0 Å². The second-order valence-corrected chi connectivity index (χ2v) is 9.35. The van der Waals surface area contributed by atoms with Crippen molar-refractivity contribution < 1.29 is 0 Å². The smallest absolute Gasteiger partial charge is 0.0631 e. The molecule has 0 nitrogen and oxygen atoms in total. The normalized spacial score (nSPS) is 41.2. The van der Waals surface area contributed by atoms with E-state index in [1.165, 1.54) is 57.8 Å². The number of hydrogen-bond acceptors (Lipinski definition) is 0. The number of fused-ring (bicyclic) bond motifs is 3. The highest BCUT2D eigenvalue weighted by Crippen LogP contribution is 2.61. The Morgan fingerprint density at radius 3 is 1.86 bits per heavy atom. The highest BCUT2D eigenvalue weighted by molar-refractivity contribution is 6.40. The molecule has 0 bridgehead atoms. The van der Waals surface area contributed by atoms with Gasteiger partial charge in [-0.1, -0.05) is 58.1 Å². The fourth-order valence-electron chi connectivity index (χ4n) is 5.92. The van der Waals surface area contributed by atoms with Crippen molar-refractivity contribution in [2.24, 2.45) is 35.0 Å². The molecule has 0 aromatic heterocycles. The average molecular weight is 282 g/mol. The van der Waals surface area contributed by atoms with Crippen LogP contribution >= 0.6 is 0 Å². The Balaban J connectivity index is 1.89. The molecular formula is C19H32B2. The molecule has 5 unspecified atom stereocenters. The molecule has 4 radical (unpaired) electrons. The fourth-order valence-corrected chi connectivity index (χ4v) is 5.92. The maximum atomic E-state index is 6.78. The van der Waals surface area contributed by atoms with Crippen LogP contribution in [0.4, 0.5) is 0 Å². The van der Waals surface area contributed by atoms with E-state index in [4.69, 9.17) is 15.7 Å². The summed E-state index contributed by atoms with van der Waals surface area (Å²) in [7, 11) is 13.6. The zero-order valence-electron chi connectivity index (χ0n) is 14.4. The van der Waals surface area contributed by atoms with Crippen molar-refractivity contribution in [1.82, 2.24) is 0 Å². The molecule has 3 aliphatic carbocycles. The first kappa shape index (κ1) is 16.0. The summed E-state index contributed by atoms with van der Waals surface area (Å²) in [5.74, 6) is 4.17. The molecular weight excluding hydrogens is 250 g/mol. The summed E-state index contributed by atoms with van der Waals surface area (Å²) in [5, 5.41) is -0.518. The van der Waals surface area contributed by atoms with Gasteiger partial charge in [0.15, 0.2) is 0 Å². The predicted molar refractivity (Wildman–Crippen MR) is 92.7 cm³/mol. The summed E-state index contributed by atoms with van der Waals surface area (Å²) in [4.78, 5) is 0. The molecule has 0 aromatic rings. The Morgan fingerprint density at radius 2 is 1.24 bits per heavy atom. The number of hydrogen-bond donors (Lipinski definition) is 0. The maximum Gasteiger partial charge on any atom is 0.0631 e. The molecule has 21 heavy (non-hydrogen) atoms. The van der Waals surface area contributed by atoms with E-state index in [0.717, 1.165) is 23.7 Å². The minimum Gasteiger partial charge on any atom is -0.0913 e. The Labute approximate surface area is 135 Å². The first-order chi connectivity index (χ1) is 9.82. The van der Waals surface area contributed by atoms with Gasteiger partial charge in [0.1, 0.15) is 0 Å². The lowest BCUT2D eigenvalue weighted by Gasteiger charge is -2.59. The number of rotatable bonds is 1. The molecule has 3 aliphatic rings. The Morgan fingerprint density at radius 1 is 0.714 bits per heavy atom. The first-order valence-electron chi connectivity index (χ1n) is 9.40. The van der Waals surface area contributed by atoms with Crippen molar-refractivity contribution >= 4 is 15.7 Å². The van der Waals surface area contributed by atoms with E-state index in [2.05, 4.69) is 20.8 Å². The van der Waals surface area contributed by atoms with Crippen molar-refractivity contribution in [2.45, 2.75) is 83.8 Å². The molecule has 0 aliphatic heterocycles. The standard InChI is InChI=1S/C19H32B2/c1-18(2,3)19(20,21)17-12-13-8-4-5-9-14(13)15-10-6-7-11-16(15)17/h13-17H,4-12H2,1-3H3. The van der Waals surface area contributed by atoms with Crippen LogP contribution < -0.4 is 0 Å². The third kappa shape index (κ3) is 2.74. The van der Waals surface area contributed by atoms with E-state index in [-0.39, 0.29) is 5.41 Å². The topological polar surface area (TPSA) is 0 Å². The van der Waals surface area contributed by atoms with Gasteiger partial charge in [-0.15, -0.1) is 0 Å². The molecule has 0 aromatic carbocycles. The molecule has 2 heteroatoms. The van der Waals surface area contributed by atoms with Crippen molar-refractivity contribution in [2.75, 3.05) is 0 Å². The van der Waals surface area contributed by atoms with Crippen LogP contribution in [0.15, 0.2) is 0 Å². The van der Waals surface area contributed by atoms with Gasteiger partial charge in [-0.25, -0.2) is 0 Å².